The van der Waals surface area contributed by atoms with Crippen LogP contribution in [-0.2, 0) is 4.79 Å². The van der Waals surface area contributed by atoms with E-state index in [1.807, 2.05) is 0 Å². The smallest absolute Gasteiger partial charge is 0.343 e. The number of nitro benzene ring substituents is 1. The van der Waals surface area contributed by atoms with Gasteiger partial charge in [-0.1, -0.05) is 30.3 Å². The fourth-order valence-corrected chi connectivity index (χ4v) is 2.83. The van der Waals surface area contributed by atoms with Crippen LogP contribution in [0.4, 0.5) is 11.4 Å². The number of esters is 1. The van der Waals surface area contributed by atoms with Gasteiger partial charge in [0.1, 0.15) is 17.4 Å². The monoisotopic (exact) mass is 457 g/mol. The first kappa shape index (κ1) is 23.4. The lowest BCUT2D eigenvalue weighted by Gasteiger charge is -2.08. The first-order valence-electron chi connectivity index (χ1n) is 9.60. The number of carbonyl (C=O) groups is 3. The summed E-state index contributed by atoms with van der Waals surface area (Å²) in [4.78, 5) is 46.2. The fourth-order valence-electron chi connectivity index (χ4n) is 2.83. The molecule has 0 saturated carbocycles. The quantitative estimate of drug-likeness (QED) is 0.134. The minimum Gasteiger partial charge on any atom is -0.478 e. The van der Waals surface area contributed by atoms with Crippen molar-refractivity contribution in [3.8, 4) is 11.8 Å². The van der Waals surface area contributed by atoms with Crippen molar-refractivity contribution in [1.29, 1.82) is 5.26 Å². The van der Waals surface area contributed by atoms with Crippen LogP contribution in [0.3, 0.4) is 0 Å². The lowest BCUT2D eigenvalue weighted by Crippen LogP contribution is -2.16. The van der Waals surface area contributed by atoms with E-state index in [0.29, 0.717) is 5.56 Å². The first-order valence-corrected chi connectivity index (χ1v) is 9.60. The van der Waals surface area contributed by atoms with Gasteiger partial charge in [-0.25, -0.2) is 9.59 Å². The number of ether oxygens (including phenoxy) is 1. The number of benzene rings is 3. The molecule has 0 aromatic heterocycles. The van der Waals surface area contributed by atoms with Crippen LogP contribution in [0.1, 0.15) is 26.3 Å². The number of para-hydroxylation sites is 1. The first-order chi connectivity index (χ1) is 16.3. The Morgan fingerprint density at radius 2 is 1.74 bits per heavy atom. The maximum atomic E-state index is 12.5. The normalized spacial score (nSPS) is 10.6. The van der Waals surface area contributed by atoms with Crippen LogP contribution in [0.2, 0.25) is 0 Å². The number of nitrogens with zero attached hydrogens (tertiary/aromatic N) is 2. The molecule has 2 N–H and O–H groups in total. The van der Waals surface area contributed by atoms with Crippen LogP contribution in [-0.4, -0.2) is 27.9 Å². The number of rotatable bonds is 7. The molecule has 10 heteroatoms. The summed E-state index contributed by atoms with van der Waals surface area (Å²) in [7, 11) is 0. The number of anilines is 1. The van der Waals surface area contributed by atoms with Gasteiger partial charge in [-0.2, -0.15) is 5.26 Å². The third-order valence-corrected chi connectivity index (χ3v) is 4.47. The molecule has 0 bridgehead atoms. The third kappa shape index (κ3) is 5.68. The highest BCUT2D eigenvalue weighted by Crippen LogP contribution is 2.20. The second-order valence-electron chi connectivity index (χ2n) is 6.74. The van der Waals surface area contributed by atoms with Gasteiger partial charge in [-0.05, 0) is 42.0 Å². The molecule has 3 rings (SSSR count). The van der Waals surface area contributed by atoms with E-state index < -0.39 is 22.8 Å². The molecule has 0 atom stereocenters. The second-order valence-corrected chi connectivity index (χ2v) is 6.74. The number of hydrogen-bond donors (Lipinski definition) is 2. The zero-order valence-corrected chi connectivity index (χ0v) is 17.3. The van der Waals surface area contributed by atoms with Gasteiger partial charge in [0.25, 0.3) is 11.6 Å². The average molecular weight is 457 g/mol. The maximum Gasteiger partial charge on any atom is 0.343 e. The number of non-ortho nitro benzene ring substituents is 1. The Bertz CT molecular complexity index is 1360. The van der Waals surface area contributed by atoms with Crippen LogP contribution < -0.4 is 10.1 Å². The predicted octanol–water partition coefficient (Wildman–Crippen LogP) is 4.06. The summed E-state index contributed by atoms with van der Waals surface area (Å²) in [5.41, 5.74) is -0.158. The molecule has 0 aliphatic carbocycles. The van der Waals surface area contributed by atoms with Gasteiger partial charge in [0.2, 0.25) is 0 Å². The number of amides is 1. The van der Waals surface area contributed by atoms with Crippen molar-refractivity contribution in [3.05, 3.63) is 105 Å². The lowest BCUT2D eigenvalue weighted by molar-refractivity contribution is -0.384. The topological polar surface area (TPSA) is 160 Å². The molecule has 34 heavy (non-hydrogen) atoms. The van der Waals surface area contributed by atoms with E-state index in [9.17, 15) is 34.9 Å². The van der Waals surface area contributed by atoms with Crippen LogP contribution >= 0.6 is 0 Å². The van der Waals surface area contributed by atoms with Gasteiger partial charge in [0.15, 0.2) is 0 Å². The highest BCUT2D eigenvalue weighted by molar-refractivity contribution is 6.11. The number of carbonyl (C=O) groups excluding carboxylic acids is 2. The summed E-state index contributed by atoms with van der Waals surface area (Å²) >= 11 is 0. The van der Waals surface area contributed by atoms with Crippen LogP contribution in [0.25, 0.3) is 6.08 Å². The van der Waals surface area contributed by atoms with E-state index in [1.165, 1.54) is 66.7 Å². The summed E-state index contributed by atoms with van der Waals surface area (Å²) in [6, 6.07) is 18.5. The van der Waals surface area contributed by atoms with E-state index in [-0.39, 0.29) is 33.8 Å². The Balaban J connectivity index is 1.72. The molecule has 10 nitrogen and oxygen atoms in total. The molecule has 1 amide bonds. The van der Waals surface area contributed by atoms with E-state index in [4.69, 9.17) is 4.74 Å². The Kier molecular flexibility index (Phi) is 7.11. The van der Waals surface area contributed by atoms with Crippen molar-refractivity contribution in [2.45, 2.75) is 0 Å². The summed E-state index contributed by atoms with van der Waals surface area (Å²) in [6.45, 7) is 0. The minimum atomic E-state index is -1.23. The SMILES string of the molecule is N#C/C(=C\c1ccc(OC(=O)c2cccc([N+](=O)[O-])c2)cc1)C(=O)Nc1ccccc1C(=O)O. The molecule has 168 valence electrons. The predicted molar refractivity (Wildman–Crippen MR) is 120 cm³/mol. The number of nitro groups is 1. The number of carboxylic acid groups (broad SMARTS) is 1. The number of carboxylic acids is 1. The zero-order valence-electron chi connectivity index (χ0n) is 17.3. The molecule has 0 fully saturated rings. The summed E-state index contributed by atoms with van der Waals surface area (Å²) in [5.74, 6) is -2.67. The van der Waals surface area contributed by atoms with E-state index >= 15 is 0 Å². The average Bonchev–Trinajstić information content (AvgIpc) is 2.83. The van der Waals surface area contributed by atoms with Gasteiger partial charge in [0.05, 0.1) is 21.7 Å². The van der Waals surface area contributed by atoms with E-state index in [2.05, 4.69) is 5.32 Å². The maximum absolute atomic E-state index is 12.5. The standard InChI is InChI=1S/C24H15N3O7/c25-14-17(22(28)26-21-7-2-1-6-20(21)23(29)30)12-15-8-10-19(11-9-15)34-24(31)16-4-3-5-18(13-16)27(32)33/h1-13H,(H,26,28)(H,29,30)/b17-12+. The number of nitriles is 1. The molecule has 3 aromatic rings. The molecule has 0 unspecified atom stereocenters. The van der Waals surface area contributed by atoms with Crippen LogP contribution in [0.15, 0.2) is 78.4 Å². The third-order valence-electron chi connectivity index (χ3n) is 4.47. The molecule has 0 radical (unpaired) electrons. The van der Waals surface area contributed by atoms with E-state index in [1.54, 1.807) is 12.1 Å². The van der Waals surface area contributed by atoms with Crippen LogP contribution in [0, 0.1) is 21.4 Å². The van der Waals surface area contributed by atoms with Crippen LogP contribution in [0.5, 0.6) is 5.75 Å². The van der Waals surface area contributed by atoms with Gasteiger partial charge in [-0.3, -0.25) is 14.9 Å². The molecule has 0 heterocycles. The Hall–Kier alpha value is -5.30. The van der Waals surface area contributed by atoms with Crippen molar-refractivity contribution in [3.63, 3.8) is 0 Å². The summed E-state index contributed by atoms with van der Waals surface area (Å²) in [6.07, 6.45) is 1.28. The molecule has 0 aliphatic rings. The van der Waals surface area contributed by atoms with Crippen molar-refractivity contribution in [1.82, 2.24) is 0 Å². The Morgan fingerprint density at radius 3 is 2.38 bits per heavy atom. The number of aromatic carboxylic acids is 1. The van der Waals surface area contributed by atoms with Gasteiger partial charge < -0.3 is 15.2 Å². The van der Waals surface area contributed by atoms with Gasteiger partial charge in [-0.15, -0.1) is 0 Å². The van der Waals surface area contributed by atoms with Crippen molar-refractivity contribution in [2.24, 2.45) is 0 Å². The van der Waals surface area contributed by atoms with Crippen molar-refractivity contribution >= 4 is 35.3 Å². The highest BCUT2D eigenvalue weighted by Gasteiger charge is 2.16. The Morgan fingerprint density at radius 1 is 1.03 bits per heavy atom. The summed E-state index contributed by atoms with van der Waals surface area (Å²) in [5, 5.41) is 31.8. The summed E-state index contributed by atoms with van der Waals surface area (Å²) < 4.78 is 5.20. The van der Waals surface area contributed by atoms with Gasteiger partial charge >= 0.3 is 11.9 Å². The zero-order chi connectivity index (χ0) is 24.7. The fraction of sp³-hybridized carbons (Fsp3) is 0. The second kappa shape index (κ2) is 10.3. The Labute approximate surface area is 192 Å². The molecular weight excluding hydrogens is 442 g/mol. The lowest BCUT2D eigenvalue weighted by atomic mass is 10.1. The van der Waals surface area contributed by atoms with Gasteiger partial charge in [0, 0.05) is 12.1 Å². The molecule has 0 saturated heterocycles. The number of nitrogens with one attached hydrogen (secondary N) is 1. The van der Waals surface area contributed by atoms with Crippen molar-refractivity contribution < 1.29 is 29.2 Å². The largest absolute Gasteiger partial charge is 0.478 e. The molecule has 0 spiro atoms. The van der Waals surface area contributed by atoms with Crippen molar-refractivity contribution in [2.75, 3.05) is 5.32 Å². The molecule has 3 aromatic carbocycles. The van der Waals surface area contributed by atoms with E-state index in [0.717, 1.165) is 6.07 Å². The minimum absolute atomic E-state index is 0.00301. The number of hydrogen-bond acceptors (Lipinski definition) is 7. The molecular formula is C24H15N3O7. The highest BCUT2D eigenvalue weighted by atomic mass is 16.6. The molecule has 0 aliphatic heterocycles.